The Labute approximate surface area is 196 Å². The summed E-state index contributed by atoms with van der Waals surface area (Å²) in [5.74, 6) is 1.79. The number of anilines is 2. The number of hydrogen-bond acceptors (Lipinski definition) is 9. The van der Waals surface area contributed by atoms with Crippen molar-refractivity contribution in [2.45, 2.75) is 31.2 Å². The number of fused-ring (bicyclic) bond motifs is 2. The van der Waals surface area contributed by atoms with Crippen LogP contribution in [-0.2, 0) is 14.6 Å². The third-order valence-corrected chi connectivity index (χ3v) is 8.83. The molecular weight excluding hydrogens is 460 g/mol. The molecule has 5 rings (SSSR count). The van der Waals surface area contributed by atoms with Crippen molar-refractivity contribution in [2.24, 2.45) is 0 Å². The Morgan fingerprint density at radius 1 is 1.24 bits per heavy atom. The van der Waals surface area contributed by atoms with Gasteiger partial charge in [-0.15, -0.1) is 11.3 Å². The van der Waals surface area contributed by atoms with Crippen molar-refractivity contribution in [1.82, 2.24) is 19.5 Å². The number of sulfone groups is 1. The molecule has 174 valence electrons. The van der Waals surface area contributed by atoms with Crippen LogP contribution in [0.5, 0.6) is 0 Å². The Morgan fingerprint density at radius 2 is 2.06 bits per heavy atom. The summed E-state index contributed by atoms with van der Waals surface area (Å²) >= 11 is 1.38. The number of imidazole rings is 1. The molecule has 4 heterocycles. The van der Waals surface area contributed by atoms with E-state index in [4.69, 9.17) is 14.7 Å². The Hall–Kier alpha value is -2.76. The lowest BCUT2D eigenvalue weighted by molar-refractivity contribution is 0.0987. The number of ether oxygens (including phenoxy) is 1. The lowest BCUT2D eigenvalue weighted by Crippen LogP contribution is -2.44. The summed E-state index contributed by atoms with van der Waals surface area (Å²) in [6.07, 6.45) is 0.543. The van der Waals surface area contributed by atoms with Gasteiger partial charge < -0.3 is 15.0 Å². The van der Waals surface area contributed by atoms with Crippen LogP contribution in [0.25, 0.3) is 27.2 Å². The zero-order valence-corrected chi connectivity index (χ0v) is 20.4. The van der Waals surface area contributed by atoms with Gasteiger partial charge in [-0.3, -0.25) is 0 Å². The van der Waals surface area contributed by atoms with Crippen LogP contribution in [0, 0.1) is 0 Å². The quantitative estimate of drug-likeness (QED) is 0.442. The number of rotatable bonds is 6. The van der Waals surface area contributed by atoms with Crippen molar-refractivity contribution in [3.05, 3.63) is 29.6 Å². The fraction of sp³-hybridized carbons (Fsp3) is 0.409. The van der Waals surface area contributed by atoms with Gasteiger partial charge in [-0.25, -0.2) is 23.0 Å². The summed E-state index contributed by atoms with van der Waals surface area (Å²) < 4.78 is 34.4. The molecule has 4 aromatic rings. The van der Waals surface area contributed by atoms with Gasteiger partial charge in [-0.05, 0) is 25.5 Å². The van der Waals surface area contributed by atoms with Crippen LogP contribution < -0.4 is 10.2 Å². The molecule has 0 aliphatic carbocycles. The summed E-state index contributed by atoms with van der Waals surface area (Å²) in [7, 11) is -1.67. The lowest BCUT2D eigenvalue weighted by atomic mass is 10.2. The highest BCUT2D eigenvalue weighted by Crippen LogP contribution is 2.37. The number of hydrogen-bond donors (Lipinski definition) is 1. The summed E-state index contributed by atoms with van der Waals surface area (Å²) in [5, 5.41) is 4.82. The van der Waals surface area contributed by atoms with Crippen molar-refractivity contribution in [3.8, 4) is 5.95 Å². The number of nitrogens with one attached hydrogen (secondary N) is 1. The highest BCUT2D eigenvalue weighted by molar-refractivity contribution is 7.91. The van der Waals surface area contributed by atoms with Gasteiger partial charge in [-0.2, -0.15) is 4.98 Å². The largest absolute Gasteiger partial charge is 0.377 e. The Kier molecular flexibility index (Phi) is 5.71. The van der Waals surface area contributed by atoms with Gasteiger partial charge in [0.2, 0.25) is 11.9 Å². The molecule has 0 radical (unpaired) electrons. The number of para-hydroxylation sites is 2. The van der Waals surface area contributed by atoms with E-state index in [1.54, 1.807) is 12.4 Å². The van der Waals surface area contributed by atoms with E-state index >= 15 is 0 Å². The van der Waals surface area contributed by atoms with Gasteiger partial charge in [0, 0.05) is 19.0 Å². The second kappa shape index (κ2) is 8.54. The molecule has 3 aromatic heterocycles. The first-order chi connectivity index (χ1) is 15.9. The number of morpholine rings is 1. The average molecular weight is 487 g/mol. The van der Waals surface area contributed by atoms with Gasteiger partial charge in [0.05, 0.1) is 40.7 Å². The topological polar surface area (TPSA) is 102 Å². The lowest BCUT2D eigenvalue weighted by Gasteiger charge is -2.34. The molecule has 0 unspecified atom stereocenters. The van der Waals surface area contributed by atoms with Crippen molar-refractivity contribution < 1.29 is 13.2 Å². The van der Waals surface area contributed by atoms with E-state index in [0.29, 0.717) is 43.6 Å². The maximum absolute atomic E-state index is 13.1. The Balaban J connectivity index is 1.82. The smallest absolute Gasteiger partial charge is 0.239 e. The summed E-state index contributed by atoms with van der Waals surface area (Å²) in [6, 6.07) is 7.85. The zero-order valence-electron chi connectivity index (χ0n) is 18.8. The monoisotopic (exact) mass is 486 g/mol. The third kappa shape index (κ3) is 3.73. The molecule has 11 heteroatoms. The van der Waals surface area contributed by atoms with Crippen LogP contribution in [0.15, 0.2) is 34.5 Å². The molecular formula is C22H26N6O3S2. The van der Waals surface area contributed by atoms with E-state index in [9.17, 15) is 8.42 Å². The zero-order chi connectivity index (χ0) is 23.2. The van der Waals surface area contributed by atoms with Crippen molar-refractivity contribution in [1.29, 1.82) is 0 Å². The highest BCUT2D eigenvalue weighted by Gasteiger charge is 2.29. The van der Waals surface area contributed by atoms with Gasteiger partial charge in [-0.1, -0.05) is 19.1 Å². The van der Waals surface area contributed by atoms with Crippen LogP contribution in [-0.4, -0.2) is 66.5 Å². The molecule has 0 saturated carbocycles. The normalized spacial score (nSPS) is 17.2. The minimum absolute atomic E-state index is 0.0806. The first-order valence-electron chi connectivity index (χ1n) is 11.0. The Morgan fingerprint density at radius 3 is 2.82 bits per heavy atom. The predicted molar refractivity (Wildman–Crippen MR) is 132 cm³/mol. The molecule has 33 heavy (non-hydrogen) atoms. The molecule has 0 amide bonds. The second-order valence-electron chi connectivity index (χ2n) is 8.07. The van der Waals surface area contributed by atoms with E-state index in [2.05, 4.69) is 22.1 Å². The maximum atomic E-state index is 13.1. The van der Waals surface area contributed by atoms with Crippen molar-refractivity contribution >= 4 is 54.2 Å². The average Bonchev–Trinajstić information content (AvgIpc) is 3.40. The molecule has 1 saturated heterocycles. The van der Waals surface area contributed by atoms with Gasteiger partial charge in [0.15, 0.2) is 15.7 Å². The molecule has 1 aliphatic rings. The molecule has 0 bridgehead atoms. The van der Waals surface area contributed by atoms with E-state index in [0.717, 1.165) is 21.6 Å². The molecule has 1 fully saturated rings. The molecule has 9 nitrogen and oxygen atoms in total. The van der Waals surface area contributed by atoms with E-state index in [1.807, 2.05) is 35.8 Å². The number of nitrogens with zero attached hydrogens (tertiary/aromatic N) is 5. The predicted octanol–water partition coefficient (Wildman–Crippen LogP) is 3.48. The minimum Gasteiger partial charge on any atom is -0.377 e. The van der Waals surface area contributed by atoms with Crippen LogP contribution in [0.4, 0.5) is 11.8 Å². The molecule has 0 spiro atoms. The fourth-order valence-corrected chi connectivity index (χ4v) is 7.07. The van der Waals surface area contributed by atoms with Gasteiger partial charge >= 0.3 is 0 Å². The van der Waals surface area contributed by atoms with Crippen LogP contribution >= 0.6 is 11.3 Å². The maximum Gasteiger partial charge on any atom is 0.239 e. The van der Waals surface area contributed by atoms with Crippen LogP contribution in [0.2, 0.25) is 0 Å². The van der Waals surface area contributed by atoms with Crippen LogP contribution in [0.1, 0.15) is 20.3 Å². The second-order valence-corrected chi connectivity index (χ2v) is 11.0. The molecule has 1 aliphatic heterocycles. The van der Waals surface area contributed by atoms with E-state index < -0.39 is 9.84 Å². The summed E-state index contributed by atoms with van der Waals surface area (Å²) in [4.78, 5) is 16.9. The first-order valence-corrected chi connectivity index (χ1v) is 13.5. The Bertz CT molecular complexity index is 1430. The number of thiophene rings is 1. The number of benzene rings is 1. The standard InChI is InChI=1S/C22H26N6O3S2/c1-4-11-33(29,30)17-13-32-19-18(17)25-22(26-20(19)27-9-10-31-12-14(27)2)28-16-8-6-5-7-15(16)24-21(28)23-3/h5-8,13-14H,4,9-12H2,1-3H3,(H,23,24)/t14-/m1/s1. The first kappa shape index (κ1) is 22.1. The van der Waals surface area contributed by atoms with Gasteiger partial charge in [0.1, 0.15) is 10.4 Å². The van der Waals surface area contributed by atoms with E-state index in [1.165, 1.54) is 11.3 Å². The van der Waals surface area contributed by atoms with Crippen LogP contribution in [0.3, 0.4) is 0 Å². The molecule has 1 atom stereocenters. The third-order valence-electron chi connectivity index (χ3n) is 5.79. The van der Waals surface area contributed by atoms with Crippen molar-refractivity contribution in [2.75, 3.05) is 42.8 Å². The van der Waals surface area contributed by atoms with Crippen molar-refractivity contribution in [3.63, 3.8) is 0 Å². The fourth-order valence-electron chi connectivity index (χ4n) is 4.20. The van der Waals surface area contributed by atoms with Gasteiger partial charge in [0.25, 0.3) is 0 Å². The SMILES string of the molecule is CCCS(=O)(=O)c1csc2c(N3CCOC[C@H]3C)nc(-n3c(NC)nc4ccccc43)nc12. The summed E-state index contributed by atoms with van der Waals surface area (Å²) in [6.45, 7) is 5.80. The summed E-state index contributed by atoms with van der Waals surface area (Å²) in [5.41, 5.74) is 2.11. The minimum atomic E-state index is -3.46. The molecule has 1 aromatic carbocycles. The number of aromatic nitrogens is 4. The molecule has 1 N–H and O–H groups in total. The highest BCUT2D eigenvalue weighted by atomic mass is 32.2. The van der Waals surface area contributed by atoms with E-state index in [-0.39, 0.29) is 16.7 Å².